The summed E-state index contributed by atoms with van der Waals surface area (Å²) in [5.41, 5.74) is 4.38. The molecule has 5 nitrogen and oxygen atoms in total. The van der Waals surface area contributed by atoms with E-state index >= 15 is 0 Å². The van der Waals surface area contributed by atoms with E-state index in [9.17, 15) is 4.79 Å². The number of halogens is 1. The number of amides is 1. The van der Waals surface area contributed by atoms with Gasteiger partial charge in [-0.25, -0.2) is 0 Å². The Hall–Kier alpha value is -2.31. The average Bonchev–Trinajstić information content (AvgIpc) is 3.03. The predicted molar refractivity (Wildman–Crippen MR) is 115 cm³/mol. The number of rotatable bonds is 6. The van der Waals surface area contributed by atoms with Gasteiger partial charge in [0, 0.05) is 12.6 Å². The van der Waals surface area contributed by atoms with Crippen molar-refractivity contribution in [3.63, 3.8) is 0 Å². The Morgan fingerprint density at radius 3 is 2.64 bits per heavy atom. The Kier molecular flexibility index (Phi) is 6.42. The highest BCUT2D eigenvalue weighted by Crippen LogP contribution is 2.28. The van der Waals surface area contributed by atoms with Gasteiger partial charge in [-0.1, -0.05) is 53.7 Å². The first kappa shape index (κ1) is 20.4. The van der Waals surface area contributed by atoms with Crippen LogP contribution in [0.1, 0.15) is 29.7 Å². The second-order valence-electron chi connectivity index (χ2n) is 6.77. The summed E-state index contributed by atoms with van der Waals surface area (Å²) in [6.45, 7) is 6.15. The maximum Gasteiger partial charge on any atom is 0.230 e. The molecule has 1 aromatic heterocycles. The molecule has 7 heteroatoms. The Morgan fingerprint density at radius 2 is 1.93 bits per heavy atom. The van der Waals surface area contributed by atoms with Crippen molar-refractivity contribution in [3.8, 4) is 11.4 Å². The zero-order chi connectivity index (χ0) is 20.3. The zero-order valence-corrected chi connectivity index (χ0v) is 17.9. The Balaban J connectivity index is 1.62. The molecule has 2 aromatic carbocycles. The topological polar surface area (TPSA) is 59.8 Å². The third kappa shape index (κ3) is 4.56. The lowest BCUT2D eigenvalue weighted by atomic mass is 10.0. The summed E-state index contributed by atoms with van der Waals surface area (Å²) in [5.74, 6) is 0.902. The van der Waals surface area contributed by atoms with E-state index in [2.05, 4.69) is 47.6 Å². The highest BCUT2D eigenvalue weighted by Gasteiger charge is 2.16. The van der Waals surface area contributed by atoms with Gasteiger partial charge in [0.25, 0.3) is 0 Å². The number of aryl methyl sites for hydroxylation is 2. The fourth-order valence-corrected chi connectivity index (χ4v) is 3.79. The number of carbonyl (C=O) groups is 1. The largest absolute Gasteiger partial charge is 0.349 e. The van der Waals surface area contributed by atoms with Crippen LogP contribution in [0.3, 0.4) is 0 Å². The van der Waals surface area contributed by atoms with Gasteiger partial charge in [-0.3, -0.25) is 4.79 Å². The molecule has 1 N–H and O–H groups in total. The molecule has 0 aliphatic carbocycles. The molecule has 0 aliphatic rings. The van der Waals surface area contributed by atoms with Crippen LogP contribution >= 0.6 is 23.4 Å². The Labute approximate surface area is 174 Å². The molecule has 0 aliphatic heterocycles. The van der Waals surface area contributed by atoms with Gasteiger partial charge in [-0.15, -0.1) is 10.2 Å². The molecule has 1 unspecified atom stereocenters. The fraction of sp³-hybridized carbons (Fsp3) is 0.286. The molecule has 0 bridgehead atoms. The number of nitrogens with zero attached hydrogens (tertiary/aromatic N) is 3. The molecule has 0 fully saturated rings. The molecule has 28 heavy (non-hydrogen) atoms. The smallest absolute Gasteiger partial charge is 0.230 e. The second kappa shape index (κ2) is 8.80. The Morgan fingerprint density at radius 1 is 1.18 bits per heavy atom. The van der Waals surface area contributed by atoms with Crippen molar-refractivity contribution >= 4 is 29.3 Å². The van der Waals surface area contributed by atoms with E-state index in [-0.39, 0.29) is 17.7 Å². The highest BCUT2D eigenvalue weighted by atomic mass is 35.5. The van der Waals surface area contributed by atoms with Crippen LogP contribution in [0, 0.1) is 13.8 Å². The van der Waals surface area contributed by atoms with Crippen LogP contribution < -0.4 is 5.32 Å². The molecule has 1 heterocycles. The third-order valence-electron chi connectivity index (χ3n) is 4.69. The summed E-state index contributed by atoms with van der Waals surface area (Å²) in [5, 5.41) is 12.8. The first-order valence-electron chi connectivity index (χ1n) is 9.00. The molecule has 3 rings (SSSR count). The van der Waals surface area contributed by atoms with Gasteiger partial charge >= 0.3 is 0 Å². The van der Waals surface area contributed by atoms with Crippen LogP contribution in [0.2, 0.25) is 5.02 Å². The summed E-state index contributed by atoms with van der Waals surface area (Å²) in [7, 11) is 1.87. The minimum absolute atomic E-state index is 0.0435. The number of hydrogen-bond donors (Lipinski definition) is 1. The molecule has 3 aromatic rings. The average molecular weight is 415 g/mol. The van der Waals surface area contributed by atoms with Gasteiger partial charge < -0.3 is 9.88 Å². The van der Waals surface area contributed by atoms with E-state index in [0.717, 1.165) is 11.1 Å². The lowest BCUT2D eigenvalue weighted by molar-refractivity contribution is -0.119. The number of thioether (sulfide) groups is 1. The van der Waals surface area contributed by atoms with E-state index in [0.29, 0.717) is 16.0 Å². The minimum atomic E-state index is -0.0504. The number of aromatic nitrogens is 3. The van der Waals surface area contributed by atoms with Gasteiger partial charge in [0.2, 0.25) is 5.91 Å². The van der Waals surface area contributed by atoms with Crippen molar-refractivity contribution in [1.82, 2.24) is 20.1 Å². The van der Waals surface area contributed by atoms with Crippen LogP contribution in [-0.4, -0.2) is 26.4 Å². The summed E-state index contributed by atoms with van der Waals surface area (Å²) < 4.78 is 1.85. The first-order chi connectivity index (χ1) is 13.4. The molecule has 0 spiro atoms. The second-order valence-corrected chi connectivity index (χ2v) is 8.12. The van der Waals surface area contributed by atoms with Gasteiger partial charge in [-0.05, 0) is 49.6 Å². The molecule has 1 amide bonds. The van der Waals surface area contributed by atoms with Gasteiger partial charge in [-0.2, -0.15) is 0 Å². The maximum atomic E-state index is 12.4. The standard InChI is InChI=1S/C21H23ClN4OS/c1-13-9-10-16(11-14(13)2)15(3)23-19(27)12-28-21-25-24-20(26(21)4)17-7-5-6-8-18(17)22/h5-11,15H,12H2,1-4H3,(H,23,27). The SMILES string of the molecule is Cc1ccc(C(C)NC(=O)CSc2nnc(-c3ccccc3Cl)n2C)cc1C. The molecule has 0 saturated heterocycles. The summed E-state index contributed by atoms with van der Waals surface area (Å²) in [6, 6.07) is 13.7. The van der Waals surface area contributed by atoms with Crippen LogP contribution in [0.25, 0.3) is 11.4 Å². The summed E-state index contributed by atoms with van der Waals surface area (Å²) >= 11 is 7.61. The number of benzene rings is 2. The predicted octanol–water partition coefficient (Wildman–Crippen LogP) is 4.72. The van der Waals surface area contributed by atoms with E-state index in [1.54, 1.807) is 0 Å². The van der Waals surface area contributed by atoms with Gasteiger partial charge in [0.1, 0.15) is 0 Å². The Bertz CT molecular complexity index is 1000. The molecule has 0 radical (unpaired) electrons. The first-order valence-corrected chi connectivity index (χ1v) is 10.4. The van der Waals surface area contributed by atoms with Gasteiger partial charge in [0.05, 0.1) is 16.8 Å². The van der Waals surface area contributed by atoms with Crippen molar-refractivity contribution in [1.29, 1.82) is 0 Å². The molecule has 0 saturated carbocycles. The lowest BCUT2D eigenvalue weighted by Gasteiger charge is -2.15. The monoisotopic (exact) mass is 414 g/mol. The van der Waals surface area contributed by atoms with Crippen molar-refractivity contribution in [3.05, 3.63) is 64.2 Å². The fourth-order valence-electron chi connectivity index (χ4n) is 2.85. The van der Waals surface area contributed by atoms with E-state index in [4.69, 9.17) is 11.6 Å². The number of hydrogen-bond acceptors (Lipinski definition) is 4. The normalized spacial score (nSPS) is 12.0. The molecule has 1 atom stereocenters. The zero-order valence-electron chi connectivity index (χ0n) is 16.4. The van der Waals surface area contributed by atoms with Gasteiger partial charge in [0.15, 0.2) is 11.0 Å². The summed E-state index contributed by atoms with van der Waals surface area (Å²) in [4.78, 5) is 12.4. The van der Waals surface area contributed by atoms with E-state index < -0.39 is 0 Å². The van der Waals surface area contributed by atoms with Crippen molar-refractivity contribution in [2.24, 2.45) is 7.05 Å². The third-order valence-corrected chi connectivity index (χ3v) is 6.04. The molecular weight excluding hydrogens is 392 g/mol. The minimum Gasteiger partial charge on any atom is -0.349 e. The highest BCUT2D eigenvalue weighted by molar-refractivity contribution is 7.99. The van der Waals surface area contributed by atoms with Crippen molar-refractivity contribution in [2.75, 3.05) is 5.75 Å². The van der Waals surface area contributed by atoms with Crippen LogP contribution in [0.4, 0.5) is 0 Å². The summed E-state index contributed by atoms with van der Waals surface area (Å²) in [6.07, 6.45) is 0. The molecular formula is C21H23ClN4OS. The number of nitrogens with one attached hydrogen (secondary N) is 1. The quantitative estimate of drug-likeness (QED) is 0.593. The van der Waals surface area contributed by atoms with Crippen LogP contribution in [0.5, 0.6) is 0 Å². The van der Waals surface area contributed by atoms with Crippen LogP contribution in [0.15, 0.2) is 47.6 Å². The van der Waals surface area contributed by atoms with E-state index in [1.807, 2.05) is 42.8 Å². The lowest BCUT2D eigenvalue weighted by Crippen LogP contribution is -2.28. The molecule has 146 valence electrons. The van der Waals surface area contributed by atoms with Crippen molar-refractivity contribution < 1.29 is 4.79 Å². The van der Waals surface area contributed by atoms with E-state index in [1.165, 1.54) is 22.9 Å². The number of carbonyl (C=O) groups excluding carboxylic acids is 1. The maximum absolute atomic E-state index is 12.4. The van der Waals surface area contributed by atoms with Crippen LogP contribution in [-0.2, 0) is 11.8 Å². The van der Waals surface area contributed by atoms with Crippen molar-refractivity contribution in [2.45, 2.75) is 32.0 Å².